The molecule has 0 aliphatic carbocycles. The molecule has 0 saturated carbocycles. The first kappa shape index (κ1) is 13.9. The monoisotopic (exact) mass is 297 g/mol. The van der Waals surface area contributed by atoms with Crippen LogP contribution in [0.4, 0.5) is 5.69 Å². The van der Waals surface area contributed by atoms with E-state index >= 15 is 0 Å². The van der Waals surface area contributed by atoms with Gasteiger partial charge in [-0.15, -0.1) is 0 Å². The summed E-state index contributed by atoms with van der Waals surface area (Å²) < 4.78 is 10.4. The third-order valence-electron chi connectivity index (χ3n) is 3.34. The Balaban J connectivity index is 1.90. The van der Waals surface area contributed by atoms with Crippen LogP contribution in [0.5, 0.6) is 11.5 Å². The topological polar surface area (TPSA) is 76.2 Å². The van der Waals surface area contributed by atoms with E-state index in [0.717, 1.165) is 5.52 Å². The molecule has 0 atom stereocenters. The summed E-state index contributed by atoms with van der Waals surface area (Å²) in [5, 5.41) is 2.84. The molecule has 0 saturated heterocycles. The summed E-state index contributed by atoms with van der Waals surface area (Å²) in [6, 6.07) is 10.6. The molecule has 3 rings (SSSR count). The van der Waals surface area contributed by atoms with Gasteiger partial charge in [-0.2, -0.15) is 0 Å². The molecule has 0 bridgehead atoms. The SMILES string of the molecule is COc1ccc(NC(=O)c2cccc3[nH]cnc23)cc1OC. The largest absolute Gasteiger partial charge is 0.493 e. The molecule has 3 aromatic rings. The molecule has 6 heteroatoms. The first-order valence-electron chi connectivity index (χ1n) is 6.68. The van der Waals surface area contributed by atoms with E-state index in [-0.39, 0.29) is 5.91 Å². The van der Waals surface area contributed by atoms with Crippen LogP contribution in [0.25, 0.3) is 11.0 Å². The third-order valence-corrected chi connectivity index (χ3v) is 3.34. The van der Waals surface area contributed by atoms with Gasteiger partial charge in [-0.1, -0.05) is 6.07 Å². The predicted molar refractivity (Wildman–Crippen MR) is 83.6 cm³/mol. The Morgan fingerprint density at radius 1 is 1.14 bits per heavy atom. The fourth-order valence-corrected chi connectivity index (χ4v) is 2.26. The number of carbonyl (C=O) groups excluding carboxylic acids is 1. The first-order chi connectivity index (χ1) is 10.7. The zero-order valence-electron chi connectivity index (χ0n) is 12.2. The highest BCUT2D eigenvalue weighted by Gasteiger charge is 2.13. The lowest BCUT2D eigenvalue weighted by atomic mass is 10.1. The number of benzene rings is 2. The Bertz CT molecular complexity index is 826. The van der Waals surface area contributed by atoms with Crippen molar-refractivity contribution in [2.24, 2.45) is 0 Å². The lowest BCUT2D eigenvalue weighted by Gasteiger charge is -2.10. The number of para-hydroxylation sites is 1. The Kier molecular flexibility index (Phi) is 3.65. The minimum Gasteiger partial charge on any atom is -0.493 e. The number of nitrogens with one attached hydrogen (secondary N) is 2. The van der Waals surface area contributed by atoms with Crippen molar-refractivity contribution in [1.29, 1.82) is 0 Å². The molecule has 2 aromatic carbocycles. The number of aromatic nitrogens is 2. The number of carbonyl (C=O) groups is 1. The molecule has 2 N–H and O–H groups in total. The van der Waals surface area contributed by atoms with Crippen LogP contribution < -0.4 is 14.8 Å². The van der Waals surface area contributed by atoms with E-state index in [1.54, 1.807) is 44.8 Å². The Morgan fingerprint density at radius 3 is 2.73 bits per heavy atom. The molecule has 112 valence electrons. The van der Waals surface area contributed by atoms with Crippen LogP contribution >= 0.6 is 0 Å². The summed E-state index contributed by atoms with van der Waals surface area (Å²) in [7, 11) is 3.11. The molecular formula is C16H15N3O3. The fourth-order valence-electron chi connectivity index (χ4n) is 2.26. The quantitative estimate of drug-likeness (QED) is 0.776. The number of aromatic amines is 1. The molecule has 22 heavy (non-hydrogen) atoms. The van der Waals surface area contributed by atoms with Crippen molar-refractivity contribution in [2.75, 3.05) is 19.5 Å². The number of H-pyrrole nitrogens is 1. The Morgan fingerprint density at radius 2 is 1.95 bits per heavy atom. The van der Waals surface area contributed by atoms with Gasteiger partial charge in [-0.3, -0.25) is 4.79 Å². The molecular weight excluding hydrogens is 282 g/mol. The normalized spacial score (nSPS) is 10.5. The van der Waals surface area contributed by atoms with E-state index in [1.807, 2.05) is 12.1 Å². The smallest absolute Gasteiger partial charge is 0.257 e. The van der Waals surface area contributed by atoms with Crippen molar-refractivity contribution in [3.05, 3.63) is 48.3 Å². The molecule has 0 aliphatic heterocycles. The van der Waals surface area contributed by atoms with Crippen LogP contribution in [0, 0.1) is 0 Å². The van der Waals surface area contributed by atoms with Crippen molar-refractivity contribution in [2.45, 2.75) is 0 Å². The second-order valence-corrected chi connectivity index (χ2v) is 4.63. The standard InChI is InChI=1S/C16H15N3O3/c1-21-13-7-6-10(8-14(13)22-2)19-16(20)11-4-3-5-12-15(11)18-9-17-12/h3-9H,1-2H3,(H,17,18)(H,19,20). The van der Waals surface area contributed by atoms with Crippen LogP contribution in [0.1, 0.15) is 10.4 Å². The molecule has 0 aliphatic rings. The second kappa shape index (κ2) is 5.77. The number of rotatable bonds is 4. The predicted octanol–water partition coefficient (Wildman–Crippen LogP) is 2.83. The van der Waals surface area contributed by atoms with Crippen LogP contribution in [-0.4, -0.2) is 30.1 Å². The van der Waals surface area contributed by atoms with Gasteiger partial charge in [0.15, 0.2) is 11.5 Å². The number of fused-ring (bicyclic) bond motifs is 1. The molecule has 6 nitrogen and oxygen atoms in total. The molecule has 0 unspecified atom stereocenters. The maximum atomic E-state index is 12.4. The van der Waals surface area contributed by atoms with E-state index < -0.39 is 0 Å². The van der Waals surface area contributed by atoms with Crippen molar-refractivity contribution < 1.29 is 14.3 Å². The van der Waals surface area contributed by atoms with Gasteiger partial charge in [0.2, 0.25) is 0 Å². The number of hydrogen-bond acceptors (Lipinski definition) is 4. The van der Waals surface area contributed by atoms with Crippen LogP contribution in [-0.2, 0) is 0 Å². The Labute approximate surface area is 127 Å². The highest BCUT2D eigenvalue weighted by molar-refractivity contribution is 6.11. The molecule has 1 heterocycles. The summed E-state index contributed by atoms with van der Waals surface area (Å²) in [5.74, 6) is 0.929. The van der Waals surface area contributed by atoms with Gasteiger partial charge in [-0.05, 0) is 24.3 Å². The number of imidazole rings is 1. The van der Waals surface area contributed by atoms with Crippen molar-refractivity contribution in [1.82, 2.24) is 9.97 Å². The summed E-state index contributed by atoms with van der Waals surface area (Å²) in [6.45, 7) is 0. The number of nitrogens with zero attached hydrogens (tertiary/aromatic N) is 1. The highest BCUT2D eigenvalue weighted by atomic mass is 16.5. The summed E-state index contributed by atoms with van der Waals surface area (Å²) in [5.41, 5.74) is 2.59. The summed E-state index contributed by atoms with van der Waals surface area (Å²) >= 11 is 0. The van der Waals surface area contributed by atoms with Gasteiger partial charge in [0.1, 0.15) is 5.52 Å². The van der Waals surface area contributed by atoms with Gasteiger partial charge >= 0.3 is 0 Å². The zero-order chi connectivity index (χ0) is 15.5. The number of anilines is 1. The molecule has 1 amide bonds. The summed E-state index contributed by atoms with van der Waals surface area (Å²) in [6.07, 6.45) is 1.57. The number of ether oxygens (including phenoxy) is 2. The molecule has 0 fully saturated rings. The van der Waals surface area contributed by atoms with Crippen LogP contribution in [0.2, 0.25) is 0 Å². The van der Waals surface area contributed by atoms with E-state index in [1.165, 1.54) is 0 Å². The molecule has 1 aromatic heterocycles. The maximum Gasteiger partial charge on any atom is 0.257 e. The van der Waals surface area contributed by atoms with E-state index in [9.17, 15) is 4.79 Å². The van der Waals surface area contributed by atoms with Gasteiger partial charge < -0.3 is 19.8 Å². The number of amides is 1. The van der Waals surface area contributed by atoms with Gasteiger partial charge in [0.05, 0.1) is 31.6 Å². The van der Waals surface area contributed by atoms with Gasteiger partial charge in [0.25, 0.3) is 5.91 Å². The molecule has 0 spiro atoms. The minimum atomic E-state index is -0.232. The molecule has 0 radical (unpaired) electrons. The van der Waals surface area contributed by atoms with E-state index in [2.05, 4.69) is 15.3 Å². The fraction of sp³-hybridized carbons (Fsp3) is 0.125. The van der Waals surface area contributed by atoms with Crippen molar-refractivity contribution in [3.63, 3.8) is 0 Å². The number of methoxy groups -OCH3 is 2. The first-order valence-corrected chi connectivity index (χ1v) is 6.68. The zero-order valence-corrected chi connectivity index (χ0v) is 12.2. The van der Waals surface area contributed by atoms with Gasteiger partial charge in [-0.25, -0.2) is 4.98 Å². The van der Waals surface area contributed by atoms with Crippen LogP contribution in [0.15, 0.2) is 42.7 Å². The van der Waals surface area contributed by atoms with Crippen molar-refractivity contribution in [3.8, 4) is 11.5 Å². The highest BCUT2D eigenvalue weighted by Crippen LogP contribution is 2.30. The second-order valence-electron chi connectivity index (χ2n) is 4.63. The van der Waals surface area contributed by atoms with E-state index in [4.69, 9.17) is 9.47 Å². The minimum absolute atomic E-state index is 0.232. The number of hydrogen-bond donors (Lipinski definition) is 2. The average molecular weight is 297 g/mol. The summed E-state index contributed by atoms with van der Waals surface area (Å²) in [4.78, 5) is 19.6. The lowest BCUT2D eigenvalue weighted by molar-refractivity contribution is 0.102. The lowest BCUT2D eigenvalue weighted by Crippen LogP contribution is -2.12. The van der Waals surface area contributed by atoms with Crippen molar-refractivity contribution >= 4 is 22.6 Å². The van der Waals surface area contributed by atoms with Crippen LogP contribution in [0.3, 0.4) is 0 Å². The third kappa shape index (κ3) is 2.46. The Hall–Kier alpha value is -3.02. The average Bonchev–Trinajstić information content (AvgIpc) is 3.03. The van der Waals surface area contributed by atoms with Gasteiger partial charge in [0, 0.05) is 11.8 Å². The van der Waals surface area contributed by atoms with E-state index in [0.29, 0.717) is 28.3 Å². The maximum absolute atomic E-state index is 12.4.